The molecule has 7 rings (SSSR count). The Morgan fingerprint density at radius 2 is 1.56 bits per heavy atom. The highest BCUT2D eigenvalue weighted by Crippen LogP contribution is 2.62. The average Bonchev–Trinajstić information content (AvgIpc) is 2.77. The number of ether oxygens (including phenoxy) is 1. The second-order valence-electron chi connectivity index (χ2n) is 10.3. The van der Waals surface area contributed by atoms with E-state index in [4.69, 9.17) is 16.3 Å². The molecule has 0 spiro atoms. The van der Waals surface area contributed by atoms with Crippen LogP contribution in [0.2, 0.25) is 5.02 Å². The Hall–Kier alpha value is -2.52. The van der Waals surface area contributed by atoms with Crippen LogP contribution in [0.25, 0.3) is 21.9 Å². The van der Waals surface area contributed by atoms with Gasteiger partial charge in [-0.15, -0.1) is 0 Å². The highest BCUT2D eigenvalue weighted by Gasteiger charge is 2.52. The first-order valence-corrected chi connectivity index (χ1v) is 12.0. The van der Waals surface area contributed by atoms with Crippen molar-refractivity contribution in [2.45, 2.75) is 43.9 Å². The van der Waals surface area contributed by atoms with Gasteiger partial charge in [-0.25, -0.2) is 4.79 Å². The normalized spacial score (nSPS) is 28.2. The van der Waals surface area contributed by atoms with Gasteiger partial charge in [0, 0.05) is 10.9 Å². The van der Waals surface area contributed by atoms with E-state index in [0.717, 1.165) is 39.8 Å². The molecule has 0 unspecified atom stereocenters. The average molecular weight is 447 g/mol. The van der Waals surface area contributed by atoms with Crippen LogP contribution in [0.4, 0.5) is 0 Å². The number of carboxylic acid groups (broad SMARTS) is 1. The van der Waals surface area contributed by atoms with Crippen LogP contribution in [0.5, 0.6) is 5.75 Å². The van der Waals surface area contributed by atoms with Crippen LogP contribution >= 0.6 is 11.6 Å². The first kappa shape index (κ1) is 20.1. The zero-order valence-electron chi connectivity index (χ0n) is 18.2. The van der Waals surface area contributed by atoms with Crippen LogP contribution in [0, 0.1) is 17.8 Å². The third kappa shape index (κ3) is 3.05. The van der Waals surface area contributed by atoms with Crippen LogP contribution in [0.1, 0.15) is 54.4 Å². The number of fused-ring (bicyclic) bond motifs is 1. The van der Waals surface area contributed by atoms with E-state index in [1.54, 1.807) is 13.2 Å². The standard InChI is InChI=1S/C28H27ClO3/c1-32-25-7-4-20(12-24(25)28-13-16-8-17(14-28)10-18(9-16)15-28)19-2-5-22-21(11-19)3-6-23(26(22)29)27(30)31/h2-7,11-12,16-18H,8-10,13-15H2,1H3,(H,30,31). The lowest BCUT2D eigenvalue weighted by Gasteiger charge is -2.57. The van der Waals surface area contributed by atoms with Crippen molar-refractivity contribution in [3.63, 3.8) is 0 Å². The topological polar surface area (TPSA) is 46.5 Å². The van der Waals surface area contributed by atoms with Crippen molar-refractivity contribution in [1.82, 2.24) is 0 Å². The summed E-state index contributed by atoms with van der Waals surface area (Å²) in [5.41, 5.74) is 4.07. The van der Waals surface area contributed by atoms with Crippen LogP contribution in [0.3, 0.4) is 0 Å². The van der Waals surface area contributed by atoms with Crippen LogP contribution in [-0.2, 0) is 5.41 Å². The molecule has 4 bridgehead atoms. The number of carboxylic acids is 1. The lowest BCUT2D eigenvalue weighted by atomic mass is 9.48. The maximum Gasteiger partial charge on any atom is 0.337 e. The minimum atomic E-state index is -1.00. The van der Waals surface area contributed by atoms with Crippen molar-refractivity contribution in [3.8, 4) is 16.9 Å². The van der Waals surface area contributed by atoms with E-state index >= 15 is 0 Å². The minimum Gasteiger partial charge on any atom is -0.496 e. The summed E-state index contributed by atoms with van der Waals surface area (Å²) in [5.74, 6) is 2.64. The van der Waals surface area contributed by atoms with Gasteiger partial charge in [0.2, 0.25) is 0 Å². The van der Waals surface area contributed by atoms with Crippen molar-refractivity contribution in [2.24, 2.45) is 17.8 Å². The Bertz CT molecular complexity index is 1210. The van der Waals surface area contributed by atoms with Crippen LogP contribution in [-0.4, -0.2) is 18.2 Å². The molecule has 3 aromatic rings. The maximum atomic E-state index is 11.4. The van der Waals surface area contributed by atoms with E-state index in [9.17, 15) is 9.90 Å². The maximum absolute atomic E-state index is 11.4. The molecular formula is C28H27ClO3. The molecule has 3 nitrogen and oxygen atoms in total. The van der Waals surface area contributed by atoms with Gasteiger partial charge in [0.15, 0.2) is 0 Å². The van der Waals surface area contributed by atoms with Gasteiger partial charge in [-0.05, 0) is 102 Å². The quantitative estimate of drug-likeness (QED) is 0.456. The molecule has 0 heterocycles. The molecule has 1 N–H and O–H groups in total. The zero-order valence-corrected chi connectivity index (χ0v) is 19.0. The van der Waals surface area contributed by atoms with Crippen molar-refractivity contribution in [1.29, 1.82) is 0 Å². The molecule has 0 saturated heterocycles. The number of rotatable bonds is 4. The SMILES string of the molecule is COc1ccc(-c2ccc3c(Cl)c(C(=O)O)ccc3c2)cc1C12CC3CC(CC(C3)C1)C2. The summed E-state index contributed by atoms with van der Waals surface area (Å²) in [7, 11) is 1.79. The summed E-state index contributed by atoms with van der Waals surface area (Å²) in [6.45, 7) is 0. The van der Waals surface area contributed by atoms with E-state index < -0.39 is 5.97 Å². The zero-order chi connectivity index (χ0) is 22.0. The molecule has 0 aromatic heterocycles. The molecule has 4 heteroatoms. The first-order valence-electron chi connectivity index (χ1n) is 11.6. The van der Waals surface area contributed by atoms with Gasteiger partial charge in [-0.2, -0.15) is 0 Å². The van der Waals surface area contributed by atoms with Gasteiger partial charge in [-0.1, -0.05) is 35.9 Å². The molecule has 0 aliphatic heterocycles. The summed E-state index contributed by atoms with van der Waals surface area (Å²) >= 11 is 6.38. The van der Waals surface area contributed by atoms with Gasteiger partial charge < -0.3 is 9.84 Å². The molecule has 3 aromatic carbocycles. The summed E-state index contributed by atoms with van der Waals surface area (Å²) in [5, 5.41) is 11.4. The highest BCUT2D eigenvalue weighted by atomic mass is 35.5. The first-order chi connectivity index (χ1) is 15.5. The Kier molecular flexibility index (Phi) is 4.55. The van der Waals surface area contributed by atoms with Crippen molar-refractivity contribution >= 4 is 28.3 Å². The molecule has 164 valence electrons. The monoisotopic (exact) mass is 446 g/mol. The summed E-state index contributed by atoms with van der Waals surface area (Å²) in [4.78, 5) is 11.4. The van der Waals surface area contributed by atoms with Crippen LogP contribution < -0.4 is 4.74 Å². The van der Waals surface area contributed by atoms with Crippen molar-refractivity contribution < 1.29 is 14.6 Å². The smallest absolute Gasteiger partial charge is 0.337 e. The largest absolute Gasteiger partial charge is 0.496 e. The fraction of sp³-hybridized carbons (Fsp3) is 0.393. The van der Waals surface area contributed by atoms with Gasteiger partial charge >= 0.3 is 5.97 Å². The number of benzene rings is 3. The van der Waals surface area contributed by atoms with Crippen molar-refractivity contribution in [3.05, 3.63) is 64.7 Å². The Labute approximate surface area is 193 Å². The van der Waals surface area contributed by atoms with Gasteiger partial charge in [0.05, 0.1) is 17.7 Å². The molecule has 4 aliphatic rings. The lowest BCUT2D eigenvalue weighted by molar-refractivity contribution is -0.00613. The Balaban J connectivity index is 1.44. The third-order valence-electron chi connectivity index (χ3n) is 8.33. The molecule has 4 aliphatic carbocycles. The number of carbonyl (C=O) groups is 1. The van der Waals surface area contributed by atoms with Crippen molar-refractivity contribution in [2.75, 3.05) is 7.11 Å². The highest BCUT2D eigenvalue weighted by molar-refractivity contribution is 6.38. The number of halogens is 1. The number of hydrogen-bond acceptors (Lipinski definition) is 2. The van der Waals surface area contributed by atoms with Gasteiger partial charge in [-0.3, -0.25) is 0 Å². The molecule has 0 atom stereocenters. The van der Waals surface area contributed by atoms with Crippen LogP contribution in [0.15, 0.2) is 48.5 Å². The second-order valence-corrected chi connectivity index (χ2v) is 10.7. The predicted molar refractivity (Wildman–Crippen MR) is 128 cm³/mol. The number of methoxy groups -OCH3 is 1. The molecule has 4 fully saturated rings. The van der Waals surface area contributed by atoms with E-state index in [2.05, 4.69) is 24.3 Å². The van der Waals surface area contributed by atoms with Gasteiger partial charge in [0.25, 0.3) is 0 Å². The molecular weight excluding hydrogens is 420 g/mol. The summed E-state index contributed by atoms with van der Waals surface area (Å²) in [6, 6.07) is 16.2. The van der Waals surface area contributed by atoms with E-state index in [1.807, 2.05) is 18.2 Å². The molecule has 32 heavy (non-hydrogen) atoms. The molecule has 0 amide bonds. The van der Waals surface area contributed by atoms with E-state index in [0.29, 0.717) is 5.02 Å². The van der Waals surface area contributed by atoms with E-state index in [1.165, 1.54) is 49.7 Å². The predicted octanol–water partition coefficient (Wildman–Crippen LogP) is 7.33. The Morgan fingerprint density at radius 1 is 0.938 bits per heavy atom. The lowest BCUT2D eigenvalue weighted by Crippen LogP contribution is -2.48. The summed E-state index contributed by atoms with van der Waals surface area (Å²) in [6.07, 6.45) is 8.15. The second kappa shape index (κ2) is 7.25. The van der Waals surface area contributed by atoms with E-state index in [-0.39, 0.29) is 11.0 Å². The minimum absolute atomic E-state index is 0.139. The molecule has 0 radical (unpaired) electrons. The number of aromatic carboxylic acids is 1. The third-order valence-corrected chi connectivity index (χ3v) is 8.73. The number of hydrogen-bond donors (Lipinski definition) is 1. The fourth-order valence-electron chi connectivity index (χ4n) is 7.38. The Morgan fingerprint density at radius 3 is 2.19 bits per heavy atom. The summed E-state index contributed by atoms with van der Waals surface area (Å²) < 4.78 is 5.87. The fourth-order valence-corrected chi connectivity index (χ4v) is 7.70. The molecule has 4 saturated carbocycles. The van der Waals surface area contributed by atoms with Gasteiger partial charge in [0.1, 0.15) is 5.75 Å².